The number of thioether (sulfide) groups is 2. The molecule has 3 rings (SSSR count). The standard InChI is InChI=1S/C18H23N3OS2/c1-14-19-9-11-21(14)10-2-8-20-17(22)15-4-6-16(7-5-15)18-23-12-3-13-24-18/h4-7,9,11,18H,2-3,8,10,12-13H2,1H3,(H,20,22). The van der Waals surface area contributed by atoms with Crippen LogP contribution in [0.2, 0.25) is 0 Å². The fraction of sp³-hybridized carbons (Fsp3) is 0.444. The molecule has 0 unspecified atom stereocenters. The van der Waals surface area contributed by atoms with Crippen molar-refractivity contribution in [1.82, 2.24) is 14.9 Å². The van der Waals surface area contributed by atoms with Gasteiger partial charge in [0, 0.05) is 31.0 Å². The van der Waals surface area contributed by atoms with Gasteiger partial charge in [-0.1, -0.05) is 12.1 Å². The molecule has 4 nitrogen and oxygen atoms in total. The van der Waals surface area contributed by atoms with Crippen LogP contribution in [-0.2, 0) is 6.54 Å². The van der Waals surface area contributed by atoms with Gasteiger partial charge < -0.3 is 9.88 Å². The van der Waals surface area contributed by atoms with Gasteiger partial charge in [0.2, 0.25) is 0 Å². The molecule has 6 heteroatoms. The molecule has 0 spiro atoms. The van der Waals surface area contributed by atoms with Crippen LogP contribution in [-0.4, -0.2) is 33.5 Å². The first-order valence-electron chi connectivity index (χ1n) is 8.33. The minimum absolute atomic E-state index is 0.00727. The second kappa shape index (κ2) is 8.62. The minimum Gasteiger partial charge on any atom is -0.352 e. The molecule has 0 saturated carbocycles. The summed E-state index contributed by atoms with van der Waals surface area (Å²) in [6.07, 6.45) is 5.97. The molecule has 1 aliphatic rings. The number of hydrogen-bond donors (Lipinski definition) is 1. The molecule has 128 valence electrons. The number of carbonyl (C=O) groups excluding carboxylic acids is 1. The van der Waals surface area contributed by atoms with Gasteiger partial charge in [0.1, 0.15) is 5.82 Å². The highest BCUT2D eigenvalue weighted by molar-refractivity contribution is 8.16. The third kappa shape index (κ3) is 4.57. The van der Waals surface area contributed by atoms with Crippen LogP contribution in [0.5, 0.6) is 0 Å². The van der Waals surface area contributed by atoms with Crippen molar-refractivity contribution in [3.8, 4) is 0 Å². The Hall–Kier alpha value is -1.40. The van der Waals surface area contributed by atoms with E-state index in [2.05, 4.69) is 27.0 Å². The van der Waals surface area contributed by atoms with Gasteiger partial charge in [-0.2, -0.15) is 0 Å². The first-order valence-corrected chi connectivity index (χ1v) is 10.4. The van der Waals surface area contributed by atoms with E-state index in [9.17, 15) is 4.79 Å². The summed E-state index contributed by atoms with van der Waals surface area (Å²) in [5.41, 5.74) is 2.06. The first kappa shape index (κ1) is 17.4. The minimum atomic E-state index is 0.00727. The van der Waals surface area contributed by atoms with E-state index in [1.54, 1.807) is 6.20 Å². The molecule has 2 aromatic rings. The van der Waals surface area contributed by atoms with Crippen LogP contribution in [0, 0.1) is 6.92 Å². The molecule has 1 amide bonds. The van der Waals surface area contributed by atoms with Crippen molar-refractivity contribution in [2.75, 3.05) is 18.1 Å². The van der Waals surface area contributed by atoms with Crippen molar-refractivity contribution >= 4 is 29.4 Å². The maximum Gasteiger partial charge on any atom is 0.251 e. The van der Waals surface area contributed by atoms with Crippen LogP contribution >= 0.6 is 23.5 Å². The lowest BCUT2D eigenvalue weighted by Crippen LogP contribution is -2.25. The first-order chi connectivity index (χ1) is 11.7. The smallest absolute Gasteiger partial charge is 0.251 e. The zero-order chi connectivity index (χ0) is 16.8. The fourth-order valence-electron chi connectivity index (χ4n) is 2.67. The summed E-state index contributed by atoms with van der Waals surface area (Å²) in [6.45, 7) is 3.54. The predicted molar refractivity (Wildman–Crippen MR) is 103 cm³/mol. The van der Waals surface area contributed by atoms with Crippen molar-refractivity contribution in [2.24, 2.45) is 0 Å². The fourth-order valence-corrected chi connectivity index (χ4v) is 5.56. The van der Waals surface area contributed by atoms with Gasteiger partial charge in [0.05, 0.1) is 4.58 Å². The summed E-state index contributed by atoms with van der Waals surface area (Å²) >= 11 is 4.00. The van der Waals surface area contributed by atoms with Gasteiger partial charge in [0.25, 0.3) is 5.91 Å². The molecule has 1 saturated heterocycles. The lowest BCUT2D eigenvalue weighted by Gasteiger charge is -2.21. The summed E-state index contributed by atoms with van der Waals surface area (Å²) in [6, 6.07) is 8.08. The summed E-state index contributed by atoms with van der Waals surface area (Å²) in [7, 11) is 0. The van der Waals surface area contributed by atoms with Crippen LogP contribution in [0.25, 0.3) is 0 Å². The number of amides is 1. The number of imidazole rings is 1. The molecular weight excluding hydrogens is 338 g/mol. The molecule has 0 atom stereocenters. The number of carbonyl (C=O) groups is 1. The molecule has 1 fully saturated rings. The van der Waals surface area contributed by atoms with Gasteiger partial charge in [-0.25, -0.2) is 4.98 Å². The summed E-state index contributed by atoms with van der Waals surface area (Å²) in [5, 5.41) is 3.00. The number of aryl methyl sites for hydroxylation is 2. The van der Waals surface area contributed by atoms with E-state index in [-0.39, 0.29) is 5.91 Å². The molecule has 1 aromatic heterocycles. The largest absolute Gasteiger partial charge is 0.352 e. The third-order valence-corrected chi connectivity index (χ3v) is 7.07. The average molecular weight is 362 g/mol. The van der Waals surface area contributed by atoms with E-state index in [0.717, 1.165) is 24.4 Å². The molecule has 1 N–H and O–H groups in total. The predicted octanol–water partition coefficient (Wildman–Crippen LogP) is 3.88. The monoisotopic (exact) mass is 361 g/mol. The highest BCUT2D eigenvalue weighted by Gasteiger charge is 2.16. The Morgan fingerprint density at radius 1 is 1.29 bits per heavy atom. The number of aromatic nitrogens is 2. The molecule has 0 aliphatic carbocycles. The highest BCUT2D eigenvalue weighted by Crippen LogP contribution is 2.43. The molecule has 1 aliphatic heterocycles. The van der Waals surface area contributed by atoms with Gasteiger partial charge in [-0.05, 0) is 49.0 Å². The lowest BCUT2D eigenvalue weighted by atomic mass is 10.1. The van der Waals surface area contributed by atoms with E-state index >= 15 is 0 Å². The topological polar surface area (TPSA) is 46.9 Å². The van der Waals surface area contributed by atoms with Crippen molar-refractivity contribution in [3.63, 3.8) is 0 Å². The summed E-state index contributed by atoms with van der Waals surface area (Å²) in [5.74, 6) is 3.48. The van der Waals surface area contributed by atoms with Gasteiger partial charge in [-0.3, -0.25) is 4.79 Å². The Morgan fingerprint density at radius 3 is 2.71 bits per heavy atom. The van der Waals surface area contributed by atoms with Crippen molar-refractivity contribution in [3.05, 3.63) is 53.6 Å². The van der Waals surface area contributed by atoms with Crippen molar-refractivity contribution < 1.29 is 4.79 Å². The molecule has 24 heavy (non-hydrogen) atoms. The molecule has 2 heterocycles. The van der Waals surface area contributed by atoms with Crippen LogP contribution < -0.4 is 5.32 Å². The Balaban J connectivity index is 1.45. The maximum absolute atomic E-state index is 12.2. The van der Waals surface area contributed by atoms with Crippen LogP contribution in [0.4, 0.5) is 0 Å². The third-order valence-electron chi connectivity index (χ3n) is 4.06. The van der Waals surface area contributed by atoms with E-state index in [1.165, 1.54) is 23.5 Å². The number of nitrogens with one attached hydrogen (secondary N) is 1. The summed E-state index contributed by atoms with van der Waals surface area (Å²) < 4.78 is 2.62. The van der Waals surface area contributed by atoms with E-state index in [4.69, 9.17) is 0 Å². The normalized spacial score (nSPS) is 15.4. The summed E-state index contributed by atoms with van der Waals surface area (Å²) in [4.78, 5) is 16.4. The van der Waals surface area contributed by atoms with Gasteiger partial charge in [0.15, 0.2) is 0 Å². The van der Waals surface area contributed by atoms with Crippen LogP contribution in [0.15, 0.2) is 36.7 Å². The molecule has 1 aromatic carbocycles. The zero-order valence-corrected chi connectivity index (χ0v) is 15.5. The Morgan fingerprint density at radius 2 is 2.04 bits per heavy atom. The van der Waals surface area contributed by atoms with E-state index in [1.807, 2.05) is 48.8 Å². The Labute approximate surface area is 151 Å². The number of nitrogens with zero attached hydrogens (tertiary/aromatic N) is 2. The van der Waals surface area contributed by atoms with Gasteiger partial charge in [-0.15, -0.1) is 23.5 Å². The van der Waals surface area contributed by atoms with Gasteiger partial charge >= 0.3 is 0 Å². The highest BCUT2D eigenvalue weighted by atomic mass is 32.2. The van der Waals surface area contributed by atoms with Crippen molar-refractivity contribution in [1.29, 1.82) is 0 Å². The number of hydrogen-bond acceptors (Lipinski definition) is 4. The van der Waals surface area contributed by atoms with E-state index < -0.39 is 0 Å². The number of benzene rings is 1. The molecule has 0 bridgehead atoms. The Bertz CT molecular complexity index is 663. The molecule has 0 radical (unpaired) electrons. The maximum atomic E-state index is 12.2. The lowest BCUT2D eigenvalue weighted by molar-refractivity contribution is 0.0952. The van der Waals surface area contributed by atoms with E-state index in [0.29, 0.717) is 11.1 Å². The zero-order valence-electron chi connectivity index (χ0n) is 13.9. The van der Waals surface area contributed by atoms with Crippen molar-refractivity contribution in [2.45, 2.75) is 30.9 Å². The second-order valence-electron chi connectivity index (χ2n) is 5.83. The Kier molecular flexibility index (Phi) is 6.26. The second-order valence-corrected chi connectivity index (χ2v) is 8.55. The van der Waals surface area contributed by atoms with Crippen LogP contribution in [0.3, 0.4) is 0 Å². The quantitative estimate of drug-likeness (QED) is 0.793. The SMILES string of the molecule is Cc1nccn1CCCNC(=O)c1ccc(C2SCCCS2)cc1. The van der Waals surface area contributed by atoms with Crippen LogP contribution in [0.1, 0.15) is 39.2 Å². The number of rotatable bonds is 6. The molecular formula is C18H23N3OS2. The average Bonchev–Trinajstić information content (AvgIpc) is 3.04.